The molecule has 0 spiro atoms. The van der Waals surface area contributed by atoms with Crippen LogP contribution in [0.1, 0.15) is 40.5 Å². The van der Waals surface area contributed by atoms with E-state index in [0.29, 0.717) is 6.61 Å². The van der Waals surface area contributed by atoms with Crippen molar-refractivity contribution >= 4 is 12.6 Å². The molecule has 4 heteroatoms. The van der Waals surface area contributed by atoms with E-state index in [1.807, 2.05) is 30.3 Å². The highest BCUT2D eigenvalue weighted by atomic mass is 16.7. The molecule has 1 aliphatic heterocycles. The maximum atomic E-state index is 6.10. The highest BCUT2D eigenvalue weighted by molar-refractivity contribution is 6.63. The van der Waals surface area contributed by atoms with Crippen molar-refractivity contribution in [2.45, 2.75) is 51.7 Å². The van der Waals surface area contributed by atoms with Crippen molar-refractivity contribution in [3.63, 3.8) is 0 Å². The number of hydrogen-bond donors (Lipinski definition) is 0. The second-order valence-electron chi connectivity index (χ2n) is 6.41. The third-order valence-electron chi connectivity index (χ3n) is 4.24. The number of rotatable bonds is 6. The molecule has 2 rings (SSSR count). The molecule has 0 unspecified atom stereocenters. The molecule has 0 saturated carbocycles. The zero-order valence-corrected chi connectivity index (χ0v) is 13.5. The number of hydrogen-bond acceptors (Lipinski definition) is 3. The fraction of sp³-hybridized carbons (Fsp3) is 0.529. The Hall–Kier alpha value is -1.26. The molecule has 114 valence electrons. The minimum Gasteiger partial charge on any atom is -0.494 e. The van der Waals surface area contributed by atoms with Crippen molar-refractivity contribution in [3.8, 4) is 5.75 Å². The molecule has 0 amide bonds. The van der Waals surface area contributed by atoms with Crippen LogP contribution in [0.15, 0.2) is 36.9 Å². The molecule has 0 aliphatic carbocycles. The van der Waals surface area contributed by atoms with E-state index in [1.165, 1.54) is 0 Å². The lowest BCUT2D eigenvalue weighted by atomic mass is 9.78. The Bertz CT molecular complexity index is 481. The summed E-state index contributed by atoms with van der Waals surface area (Å²) < 4.78 is 18.1. The predicted octanol–water partition coefficient (Wildman–Crippen LogP) is 3.33. The van der Waals surface area contributed by atoms with Gasteiger partial charge in [0, 0.05) is 5.46 Å². The topological polar surface area (TPSA) is 27.7 Å². The lowest BCUT2D eigenvalue weighted by Gasteiger charge is -2.32. The second-order valence-corrected chi connectivity index (χ2v) is 6.41. The third kappa shape index (κ3) is 3.50. The Morgan fingerprint density at radius 3 is 2.38 bits per heavy atom. The quantitative estimate of drug-likeness (QED) is 0.456. The molecular formula is C17H25BO3. The molecule has 0 aromatic heterocycles. The predicted molar refractivity (Wildman–Crippen MR) is 87.1 cm³/mol. The Labute approximate surface area is 128 Å². The molecule has 1 aromatic rings. The summed E-state index contributed by atoms with van der Waals surface area (Å²) in [5.74, 6) is 0.833. The molecule has 0 bridgehead atoms. The summed E-state index contributed by atoms with van der Waals surface area (Å²) in [6, 6.07) is 7.92. The van der Waals surface area contributed by atoms with Crippen LogP contribution in [-0.4, -0.2) is 24.9 Å². The molecule has 0 atom stereocenters. The fourth-order valence-corrected chi connectivity index (χ4v) is 2.19. The summed E-state index contributed by atoms with van der Waals surface area (Å²) in [7, 11) is -0.384. The van der Waals surface area contributed by atoms with Crippen molar-refractivity contribution in [2.24, 2.45) is 0 Å². The van der Waals surface area contributed by atoms with Crippen LogP contribution >= 0.6 is 0 Å². The van der Waals surface area contributed by atoms with Gasteiger partial charge in [-0.2, -0.15) is 0 Å². The number of para-hydroxylation sites is 1. The first-order valence-electron chi connectivity index (χ1n) is 7.55. The largest absolute Gasteiger partial charge is 0.498 e. The van der Waals surface area contributed by atoms with Gasteiger partial charge in [-0.3, -0.25) is 0 Å². The Kier molecular flexibility index (Phi) is 4.79. The van der Waals surface area contributed by atoms with Gasteiger partial charge >= 0.3 is 7.12 Å². The molecule has 1 heterocycles. The Morgan fingerprint density at radius 2 is 1.76 bits per heavy atom. The lowest BCUT2D eigenvalue weighted by Crippen LogP contribution is -2.41. The van der Waals surface area contributed by atoms with Gasteiger partial charge in [0.15, 0.2) is 0 Å². The zero-order chi connectivity index (χ0) is 15.5. The fourth-order valence-electron chi connectivity index (χ4n) is 2.19. The monoisotopic (exact) mass is 288 g/mol. The SMILES string of the molecule is C=CCCCOc1ccccc1B1OC(C)(C)C(C)(C)O1. The summed E-state index contributed by atoms with van der Waals surface area (Å²) in [5, 5.41) is 0. The van der Waals surface area contributed by atoms with Gasteiger partial charge in [-0.1, -0.05) is 24.3 Å². The van der Waals surface area contributed by atoms with Gasteiger partial charge in [0.1, 0.15) is 5.75 Å². The van der Waals surface area contributed by atoms with Gasteiger partial charge in [-0.15, -0.1) is 6.58 Å². The zero-order valence-electron chi connectivity index (χ0n) is 13.5. The van der Waals surface area contributed by atoms with Crippen LogP contribution in [0.2, 0.25) is 0 Å². The van der Waals surface area contributed by atoms with Gasteiger partial charge < -0.3 is 14.0 Å². The molecule has 1 saturated heterocycles. The first-order valence-corrected chi connectivity index (χ1v) is 7.55. The van der Waals surface area contributed by atoms with Crippen molar-refractivity contribution < 1.29 is 14.0 Å². The maximum Gasteiger partial charge on any atom is 0.498 e. The van der Waals surface area contributed by atoms with Crippen LogP contribution in [0, 0.1) is 0 Å². The smallest absolute Gasteiger partial charge is 0.494 e. The molecule has 0 radical (unpaired) electrons. The Balaban J connectivity index is 2.12. The van der Waals surface area contributed by atoms with E-state index in [4.69, 9.17) is 14.0 Å². The minimum absolute atomic E-state index is 0.340. The van der Waals surface area contributed by atoms with E-state index in [2.05, 4.69) is 34.3 Å². The summed E-state index contributed by atoms with van der Waals surface area (Å²) in [6.45, 7) is 12.6. The van der Waals surface area contributed by atoms with Gasteiger partial charge in [0.2, 0.25) is 0 Å². The van der Waals surface area contributed by atoms with Crippen LogP contribution in [0.5, 0.6) is 5.75 Å². The molecule has 1 aliphatic rings. The maximum absolute atomic E-state index is 6.10. The van der Waals surface area contributed by atoms with Gasteiger partial charge in [0.05, 0.1) is 17.8 Å². The van der Waals surface area contributed by atoms with E-state index in [-0.39, 0.29) is 18.3 Å². The van der Waals surface area contributed by atoms with E-state index in [9.17, 15) is 0 Å². The van der Waals surface area contributed by atoms with Crippen LogP contribution in [0.4, 0.5) is 0 Å². The van der Waals surface area contributed by atoms with Gasteiger partial charge in [-0.25, -0.2) is 0 Å². The number of allylic oxidation sites excluding steroid dienone is 1. The van der Waals surface area contributed by atoms with Crippen LogP contribution < -0.4 is 10.2 Å². The molecular weight excluding hydrogens is 263 g/mol. The highest BCUT2D eigenvalue weighted by Gasteiger charge is 2.52. The minimum atomic E-state index is -0.384. The van der Waals surface area contributed by atoms with E-state index in [0.717, 1.165) is 24.1 Å². The van der Waals surface area contributed by atoms with Crippen LogP contribution in [0.3, 0.4) is 0 Å². The van der Waals surface area contributed by atoms with E-state index < -0.39 is 0 Å². The van der Waals surface area contributed by atoms with Crippen LogP contribution in [-0.2, 0) is 9.31 Å². The summed E-state index contributed by atoms with van der Waals surface area (Å²) in [5.41, 5.74) is 0.274. The summed E-state index contributed by atoms with van der Waals surface area (Å²) >= 11 is 0. The molecule has 0 N–H and O–H groups in total. The third-order valence-corrected chi connectivity index (χ3v) is 4.24. The second kappa shape index (κ2) is 6.24. The number of ether oxygens (including phenoxy) is 1. The van der Waals surface area contributed by atoms with Gasteiger partial charge in [-0.05, 0) is 46.6 Å². The van der Waals surface area contributed by atoms with Crippen molar-refractivity contribution in [1.82, 2.24) is 0 Å². The van der Waals surface area contributed by atoms with E-state index in [1.54, 1.807) is 0 Å². The molecule has 1 fully saturated rings. The van der Waals surface area contributed by atoms with Crippen molar-refractivity contribution in [1.29, 1.82) is 0 Å². The van der Waals surface area contributed by atoms with Gasteiger partial charge in [0.25, 0.3) is 0 Å². The van der Waals surface area contributed by atoms with Crippen molar-refractivity contribution in [2.75, 3.05) is 6.61 Å². The average Bonchev–Trinajstić information content (AvgIpc) is 2.64. The first-order chi connectivity index (χ1) is 9.87. The molecule has 1 aromatic carbocycles. The number of unbranched alkanes of at least 4 members (excludes halogenated alkanes) is 1. The normalized spacial score (nSPS) is 19.5. The molecule has 21 heavy (non-hydrogen) atoms. The summed E-state index contributed by atoms with van der Waals surface area (Å²) in [4.78, 5) is 0. The van der Waals surface area contributed by atoms with E-state index >= 15 is 0 Å². The van der Waals surface area contributed by atoms with Crippen LogP contribution in [0.25, 0.3) is 0 Å². The number of benzene rings is 1. The lowest BCUT2D eigenvalue weighted by molar-refractivity contribution is 0.00578. The first kappa shape index (κ1) is 16.1. The highest BCUT2D eigenvalue weighted by Crippen LogP contribution is 2.37. The Morgan fingerprint density at radius 1 is 1.14 bits per heavy atom. The average molecular weight is 288 g/mol. The molecule has 3 nitrogen and oxygen atoms in total. The van der Waals surface area contributed by atoms with Crippen molar-refractivity contribution in [3.05, 3.63) is 36.9 Å². The summed E-state index contributed by atoms with van der Waals surface area (Å²) in [6.07, 6.45) is 3.82. The standard InChI is InChI=1S/C17H25BO3/c1-6-7-10-13-19-15-12-9-8-11-14(15)18-20-16(2,3)17(4,5)21-18/h6,8-9,11-12H,1,7,10,13H2,2-5H3.